The molecule has 0 radical (unpaired) electrons. The van der Waals surface area contributed by atoms with Gasteiger partial charge in [-0.05, 0) is 31.2 Å². The summed E-state index contributed by atoms with van der Waals surface area (Å²) >= 11 is 0. The fourth-order valence-corrected chi connectivity index (χ4v) is 4.06. The predicted octanol–water partition coefficient (Wildman–Crippen LogP) is 1.45. The number of hydrogen-bond acceptors (Lipinski definition) is 7. The predicted molar refractivity (Wildman–Crippen MR) is 127 cm³/mol. The van der Waals surface area contributed by atoms with E-state index in [2.05, 4.69) is 10.3 Å². The van der Waals surface area contributed by atoms with E-state index in [1.54, 1.807) is 42.2 Å². The first kappa shape index (κ1) is 25.6. The summed E-state index contributed by atoms with van der Waals surface area (Å²) < 4.78 is 31.6. The number of pyridine rings is 1. The highest BCUT2D eigenvalue weighted by molar-refractivity contribution is 7.88. The Bertz CT molecular complexity index is 1140. The molecule has 3 atom stereocenters. The Kier molecular flexibility index (Phi) is 7.90. The Hall–Kier alpha value is -3.02. The van der Waals surface area contributed by atoms with E-state index in [0.29, 0.717) is 5.56 Å². The zero-order valence-corrected chi connectivity index (χ0v) is 20.4. The molecule has 2 heterocycles. The molecule has 2 aromatic rings. The number of rotatable bonds is 7. The number of hydrogen-bond donors (Lipinski definition) is 2. The molecule has 10 nitrogen and oxygen atoms in total. The van der Waals surface area contributed by atoms with Crippen molar-refractivity contribution in [3.63, 3.8) is 0 Å². The van der Waals surface area contributed by atoms with Crippen molar-refractivity contribution in [1.82, 2.24) is 14.2 Å². The third-order valence-corrected chi connectivity index (χ3v) is 7.17. The van der Waals surface area contributed by atoms with Crippen molar-refractivity contribution in [3.05, 3.63) is 53.9 Å². The summed E-state index contributed by atoms with van der Waals surface area (Å²) in [7, 11) is -2.02. The molecule has 1 aromatic heterocycles. The molecule has 0 aliphatic carbocycles. The van der Waals surface area contributed by atoms with Gasteiger partial charge in [-0.15, -0.1) is 0 Å². The maximum atomic E-state index is 13.4. The van der Waals surface area contributed by atoms with Gasteiger partial charge in [0.15, 0.2) is 5.75 Å². The van der Waals surface area contributed by atoms with E-state index in [0.717, 1.165) is 6.26 Å². The van der Waals surface area contributed by atoms with Crippen LogP contribution in [0.1, 0.15) is 34.6 Å². The molecule has 1 aromatic carbocycles. The van der Waals surface area contributed by atoms with Gasteiger partial charge in [0, 0.05) is 37.5 Å². The maximum Gasteiger partial charge on any atom is 0.258 e. The van der Waals surface area contributed by atoms with E-state index < -0.39 is 28.1 Å². The van der Waals surface area contributed by atoms with Crippen LogP contribution in [0.25, 0.3) is 0 Å². The average Bonchev–Trinajstić information content (AvgIpc) is 2.81. The lowest BCUT2D eigenvalue weighted by Crippen LogP contribution is -2.50. The minimum Gasteiger partial charge on any atom is -0.486 e. The highest BCUT2D eigenvalue weighted by atomic mass is 32.2. The quantitative estimate of drug-likeness (QED) is 0.601. The molecule has 0 spiro atoms. The van der Waals surface area contributed by atoms with E-state index in [1.807, 2.05) is 6.92 Å². The number of aliphatic hydroxyl groups excluding tert-OH is 1. The Morgan fingerprint density at radius 3 is 2.62 bits per heavy atom. The fourth-order valence-electron chi connectivity index (χ4n) is 3.65. The van der Waals surface area contributed by atoms with E-state index in [-0.39, 0.29) is 48.5 Å². The zero-order chi connectivity index (χ0) is 25.0. The number of fused-ring (bicyclic) bond motifs is 1. The number of nitrogens with zero attached hydrogens (tertiary/aromatic N) is 3. The van der Waals surface area contributed by atoms with Gasteiger partial charge in [0.05, 0.1) is 36.7 Å². The minimum atomic E-state index is -3.48. The molecular weight excluding hydrogens is 460 g/mol. The van der Waals surface area contributed by atoms with Gasteiger partial charge in [0.2, 0.25) is 10.0 Å². The number of anilines is 1. The Morgan fingerprint density at radius 1 is 1.32 bits per heavy atom. The number of aliphatic hydroxyl groups is 1. The standard InChI is InChI=1S/C23H30N4O6S/c1-15-12-27(16(2)14-28)23(30)18-6-5-7-19(25-22(29)17-8-10-24-11-9-17)21(18)33-20(15)13-26(3)34(4,31)32/h5-11,15-16,20,28H,12-14H2,1-4H3,(H,25,29)/t15-,16+,20+/m1/s1. The SMILES string of the molecule is C[C@@H]1CN([C@@H](C)CO)C(=O)c2cccc(NC(=O)c3ccncc3)c2O[C@H]1CN(C)S(C)(=O)=O. The van der Waals surface area contributed by atoms with Crippen molar-refractivity contribution >= 4 is 27.5 Å². The summed E-state index contributed by atoms with van der Waals surface area (Å²) in [6, 6.07) is 7.49. The molecule has 11 heteroatoms. The van der Waals surface area contributed by atoms with Crippen LogP contribution in [0.15, 0.2) is 42.7 Å². The molecular formula is C23H30N4O6S. The van der Waals surface area contributed by atoms with Crippen LogP contribution >= 0.6 is 0 Å². The van der Waals surface area contributed by atoms with Crippen LogP contribution in [-0.2, 0) is 10.0 Å². The summed E-state index contributed by atoms with van der Waals surface area (Å²) in [5.41, 5.74) is 0.874. The van der Waals surface area contributed by atoms with E-state index >= 15 is 0 Å². The molecule has 184 valence electrons. The van der Waals surface area contributed by atoms with Crippen LogP contribution < -0.4 is 10.1 Å². The Labute approximate surface area is 199 Å². The van der Waals surface area contributed by atoms with Gasteiger partial charge in [-0.25, -0.2) is 12.7 Å². The Balaban J connectivity index is 2.06. The van der Waals surface area contributed by atoms with Crippen molar-refractivity contribution in [2.24, 2.45) is 5.92 Å². The normalized spacial score (nSPS) is 19.6. The van der Waals surface area contributed by atoms with Crippen molar-refractivity contribution in [2.75, 3.05) is 38.3 Å². The summed E-state index contributed by atoms with van der Waals surface area (Å²) in [5.74, 6) is -0.881. The second-order valence-corrected chi connectivity index (χ2v) is 10.6. The summed E-state index contributed by atoms with van der Waals surface area (Å²) in [6.07, 6.45) is 3.48. The first-order valence-corrected chi connectivity index (χ1v) is 12.7. The topological polar surface area (TPSA) is 129 Å². The lowest BCUT2D eigenvalue weighted by Gasteiger charge is -2.38. The fraction of sp³-hybridized carbons (Fsp3) is 0.435. The number of aromatic nitrogens is 1. The maximum absolute atomic E-state index is 13.4. The number of amides is 2. The van der Waals surface area contributed by atoms with Gasteiger partial charge >= 0.3 is 0 Å². The first-order valence-electron chi connectivity index (χ1n) is 10.9. The number of para-hydroxylation sites is 1. The lowest BCUT2D eigenvalue weighted by molar-refractivity contribution is 0.0389. The largest absolute Gasteiger partial charge is 0.486 e. The highest BCUT2D eigenvalue weighted by Gasteiger charge is 2.35. The second-order valence-electron chi connectivity index (χ2n) is 8.54. The third kappa shape index (κ3) is 5.72. The van der Waals surface area contributed by atoms with Crippen LogP contribution in [0.4, 0.5) is 5.69 Å². The lowest BCUT2D eigenvalue weighted by atomic mass is 9.99. The molecule has 1 aliphatic heterocycles. The van der Waals surface area contributed by atoms with Crippen molar-refractivity contribution < 1.29 is 27.9 Å². The first-order chi connectivity index (χ1) is 16.0. The van der Waals surface area contributed by atoms with Crippen LogP contribution in [0, 0.1) is 5.92 Å². The van der Waals surface area contributed by atoms with Gasteiger partial charge in [0.25, 0.3) is 11.8 Å². The molecule has 0 bridgehead atoms. The average molecular weight is 491 g/mol. The number of ether oxygens (including phenoxy) is 1. The third-order valence-electron chi connectivity index (χ3n) is 5.89. The van der Waals surface area contributed by atoms with Gasteiger partial charge in [-0.1, -0.05) is 13.0 Å². The van der Waals surface area contributed by atoms with E-state index in [9.17, 15) is 23.1 Å². The van der Waals surface area contributed by atoms with Crippen molar-refractivity contribution in [3.8, 4) is 5.75 Å². The van der Waals surface area contributed by atoms with Crippen LogP contribution in [0.2, 0.25) is 0 Å². The monoisotopic (exact) mass is 490 g/mol. The van der Waals surface area contributed by atoms with E-state index in [1.165, 1.54) is 23.7 Å². The van der Waals surface area contributed by atoms with Crippen LogP contribution in [-0.4, -0.2) is 84.7 Å². The molecule has 1 aliphatic rings. The van der Waals surface area contributed by atoms with Gasteiger partial charge in [-0.2, -0.15) is 0 Å². The Morgan fingerprint density at radius 2 is 2.00 bits per heavy atom. The molecule has 2 N–H and O–H groups in total. The number of carbonyl (C=O) groups is 2. The van der Waals surface area contributed by atoms with Crippen LogP contribution in [0.5, 0.6) is 5.75 Å². The zero-order valence-electron chi connectivity index (χ0n) is 19.6. The molecule has 0 unspecified atom stereocenters. The van der Waals surface area contributed by atoms with Gasteiger partial charge in [-0.3, -0.25) is 14.6 Å². The molecule has 34 heavy (non-hydrogen) atoms. The molecule has 0 saturated heterocycles. The van der Waals surface area contributed by atoms with Crippen LogP contribution in [0.3, 0.4) is 0 Å². The molecule has 3 rings (SSSR count). The number of likely N-dealkylation sites (N-methyl/N-ethyl adjacent to an activating group) is 1. The van der Waals surface area contributed by atoms with E-state index in [4.69, 9.17) is 4.74 Å². The molecule has 2 amide bonds. The highest BCUT2D eigenvalue weighted by Crippen LogP contribution is 2.35. The number of carbonyl (C=O) groups excluding carboxylic acids is 2. The van der Waals surface area contributed by atoms with Gasteiger partial charge in [0.1, 0.15) is 6.10 Å². The summed E-state index contributed by atoms with van der Waals surface area (Å²) in [5, 5.41) is 12.5. The number of nitrogens with one attached hydrogen (secondary N) is 1. The summed E-state index contributed by atoms with van der Waals surface area (Å²) in [6.45, 7) is 3.66. The molecule has 0 saturated carbocycles. The second kappa shape index (κ2) is 10.5. The number of benzene rings is 1. The number of sulfonamides is 1. The minimum absolute atomic E-state index is 0.0433. The smallest absolute Gasteiger partial charge is 0.258 e. The van der Waals surface area contributed by atoms with Crippen molar-refractivity contribution in [1.29, 1.82) is 0 Å². The summed E-state index contributed by atoms with van der Waals surface area (Å²) in [4.78, 5) is 31.7. The van der Waals surface area contributed by atoms with Gasteiger partial charge < -0.3 is 20.1 Å². The van der Waals surface area contributed by atoms with Crippen molar-refractivity contribution in [2.45, 2.75) is 26.0 Å². The molecule has 0 fully saturated rings.